The van der Waals surface area contributed by atoms with E-state index in [4.69, 9.17) is 4.98 Å². The van der Waals surface area contributed by atoms with Gasteiger partial charge in [-0.25, -0.2) is 0 Å². The maximum Gasteiger partial charge on any atom is 0.0160 e. The fourth-order valence-electron chi connectivity index (χ4n) is 17.7. The first kappa shape index (κ1) is 92.6. The van der Waals surface area contributed by atoms with Crippen molar-refractivity contribution in [1.82, 2.24) is 9.97 Å². The Bertz CT molecular complexity index is 5960. The summed E-state index contributed by atoms with van der Waals surface area (Å²) in [6, 6.07) is 125. The molecule has 2 nitrogen and oxygen atoms in total. The summed E-state index contributed by atoms with van der Waals surface area (Å²) in [5, 5.41) is 0. The Labute approximate surface area is 770 Å². The van der Waals surface area contributed by atoms with E-state index in [1.807, 2.05) is 54.9 Å². The molecule has 0 atom stereocenters. The van der Waals surface area contributed by atoms with E-state index in [9.17, 15) is 0 Å². The smallest absolute Gasteiger partial charge is 0.0160 e. The molecule has 0 aliphatic heterocycles. The number of benzene rings is 13. The minimum absolute atomic E-state index is 0. The fraction of sp³-hybridized carbons (Fsp3) is 0.267. The van der Waals surface area contributed by atoms with Crippen LogP contribution in [0.15, 0.2) is 328 Å². The van der Waals surface area contributed by atoms with Gasteiger partial charge < -0.3 is 9.97 Å². The van der Waals surface area contributed by atoms with Gasteiger partial charge in [0.25, 0.3) is 0 Å². The SMILES string of the molecule is CC(C)(C)CC(C)(C)c1ccc(-c2cc(-c3ccc(C(C)(C)CC(C)(C)C)cc3)cc(-c3cc[c-]c(-c4ccccn4)c3)c2)cc1.CC(C)(C)c1ccc(-c2ccc(-c3cc(-c4ccc(C(C)(C)C)cc4)cc(-c4cc(-c5cc[c-]c(-c6ccccn6)c5)cc(-c5cc(-c6ccc(C(C)(C)C)cc6)cc(-c6ccc(C(C)(C)C)cc6)c5)c4)c3)cc2)cc1.[Ir].[Ir]. The van der Waals surface area contributed by atoms with Crippen LogP contribution in [0.2, 0.25) is 0 Å². The van der Waals surface area contributed by atoms with Crippen molar-refractivity contribution in [2.75, 3.05) is 0 Å². The third kappa shape index (κ3) is 22.9. The first-order valence-corrected chi connectivity index (χ1v) is 43.9. The second-order valence-electron chi connectivity index (χ2n) is 41.9. The summed E-state index contributed by atoms with van der Waals surface area (Å²) in [5.74, 6) is 0. The van der Waals surface area contributed by atoms with Gasteiger partial charge in [0.1, 0.15) is 0 Å². The van der Waals surface area contributed by atoms with Crippen LogP contribution in [-0.4, -0.2) is 9.97 Å². The summed E-state index contributed by atoms with van der Waals surface area (Å²) >= 11 is 0. The molecule has 0 saturated carbocycles. The van der Waals surface area contributed by atoms with Crippen LogP contribution < -0.4 is 0 Å². The van der Waals surface area contributed by atoms with Gasteiger partial charge in [-0.1, -0.05) is 346 Å². The van der Waals surface area contributed by atoms with Gasteiger partial charge in [0.2, 0.25) is 0 Å². The number of pyridine rings is 2. The maximum atomic E-state index is 4.73. The zero-order valence-electron chi connectivity index (χ0n) is 77.2. The van der Waals surface area contributed by atoms with E-state index in [-0.39, 0.29) is 83.5 Å². The predicted molar refractivity (Wildman–Crippen MR) is 526 cm³/mol. The molecule has 0 saturated heterocycles. The van der Waals surface area contributed by atoms with Crippen molar-refractivity contribution in [2.24, 2.45) is 10.8 Å². The average Bonchev–Trinajstić information content (AvgIpc) is 0.772. The zero-order chi connectivity index (χ0) is 86.9. The Balaban J connectivity index is 0.000000250. The van der Waals surface area contributed by atoms with Crippen LogP contribution in [0, 0.1) is 23.0 Å². The van der Waals surface area contributed by atoms with Gasteiger partial charge in [-0.3, -0.25) is 0 Å². The van der Waals surface area contributed by atoms with Crippen molar-refractivity contribution in [3.8, 4) is 145 Å². The van der Waals surface area contributed by atoms with Crippen LogP contribution in [0.1, 0.15) is 199 Å². The monoisotopic (exact) mass is 1980 g/mol. The molecule has 2 heterocycles. The first-order valence-electron chi connectivity index (χ1n) is 43.9. The van der Waals surface area contributed by atoms with E-state index in [2.05, 4.69) is 442 Å². The van der Waals surface area contributed by atoms with Crippen LogP contribution in [0.3, 0.4) is 0 Å². The van der Waals surface area contributed by atoms with E-state index in [0.29, 0.717) is 0 Å². The zero-order valence-corrected chi connectivity index (χ0v) is 81.9. The molecule has 4 heteroatoms. The van der Waals surface area contributed by atoms with Crippen molar-refractivity contribution >= 4 is 0 Å². The van der Waals surface area contributed by atoms with E-state index in [1.165, 1.54) is 117 Å². The first-order chi connectivity index (χ1) is 57.6. The van der Waals surface area contributed by atoms with E-state index < -0.39 is 0 Å². The second-order valence-corrected chi connectivity index (χ2v) is 41.9. The molecule has 15 rings (SSSR count). The molecule has 0 aliphatic carbocycles. The van der Waals surface area contributed by atoms with E-state index >= 15 is 0 Å². The third-order valence-corrected chi connectivity index (χ3v) is 24.0. The fourth-order valence-corrected chi connectivity index (χ4v) is 17.7. The van der Waals surface area contributed by atoms with Crippen LogP contribution >= 0.6 is 0 Å². The number of hydrogen-bond acceptors (Lipinski definition) is 2. The number of rotatable bonds is 17. The number of aromatic nitrogens is 2. The van der Waals surface area contributed by atoms with Crippen molar-refractivity contribution < 1.29 is 40.2 Å². The molecule has 0 spiro atoms. The normalized spacial score (nSPS) is 12.2. The van der Waals surface area contributed by atoms with Gasteiger partial charge in [-0.15, -0.1) is 70.8 Å². The molecule has 634 valence electrons. The van der Waals surface area contributed by atoms with Gasteiger partial charge in [0.15, 0.2) is 0 Å². The molecule has 0 bridgehead atoms. The molecule has 2 radical (unpaired) electrons. The van der Waals surface area contributed by atoms with Crippen molar-refractivity contribution in [1.29, 1.82) is 0 Å². The molecule has 2 aromatic heterocycles. The van der Waals surface area contributed by atoms with Gasteiger partial charge in [-0.2, -0.15) is 0 Å². The number of hydrogen-bond donors (Lipinski definition) is 0. The van der Waals surface area contributed by atoms with Crippen LogP contribution in [-0.2, 0) is 72.7 Å². The quantitative estimate of drug-likeness (QED) is 0.0849. The van der Waals surface area contributed by atoms with Gasteiger partial charge in [0.05, 0.1) is 0 Å². The van der Waals surface area contributed by atoms with Gasteiger partial charge in [-0.05, 0) is 297 Å². The summed E-state index contributed by atoms with van der Waals surface area (Å²) < 4.78 is 0. The summed E-state index contributed by atoms with van der Waals surface area (Å²) in [4.78, 5) is 9.31. The second kappa shape index (κ2) is 37.3. The molecule has 15 aromatic rings. The minimum atomic E-state index is 0. The van der Waals surface area contributed by atoms with Gasteiger partial charge in [0, 0.05) is 52.6 Å². The molecule has 13 aromatic carbocycles. The summed E-state index contributed by atoms with van der Waals surface area (Å²) in [5.41, 5.74) is 38.8. The predicted octanol–water partition coefficient (Wildman–Crippen LogP) is 34.0. The minimum Gasteiger partial charge on any atom is -0.305 e. The summed E-state index contributed by atoms with van der Waals surface area (Å²) in [7, 11) is 0. The maximum absolute atomic E-state index is 4.73. The summed E-state index contributed by atoms with van der Waals surface area (Å²) in [6.07, 6.45) is 5.95. The Kier molecular flexibility index (Phi) is 27.9. The largest absolute Gasteiger partial charge is 0.305 e. The summed E-state index contributed by atoms with van der Waals surface area (Å²) in [6.45, 7) is 50.7. The molecule has 0 unspecified atom stereocenters. The van der Waals surface area contributed by atoms with Crippen LogP contribution in [0.4, 0.5) is 0 Å². The average molecular weight is 1980 g/mol. The van der Waals surface area contributed by atoms with Crippen molar-refractivity contribution in [2.45, 2.75) is 198 Å². The van der Waals surface area contributed by atoms with Gasteiger partial charge >= 0.3 is 0 Å². The molecule has 0 N–H and O–H groups in total. The topological polar surface area (TPSA) is 25.8 Å². The van der Waals surface area contributed by atoms with Crippen molar-refractivity contribution in [3.63, 3.8) is 0 Å². The van der Waals surface area contributed by atoms with E-state index in [0.717, 1.165) is 74.3 Å². The third-order valence-electron chi connectivity index (χ3n) is 24.0. The Morgan fingerprint density at radius 3 is 0.573 bits per heavy atom. The van der Waals surface area contributed by atoms with Crippen LogP contribution in [0.5, 0.6) is 0 Å². The Morgan fingerprint density at radius 1 is 0.194 bits per heavy atom. The number of nitrogens with zero attached hydrogens (tertiary/aromatic N) is 2. The standard InChI is InChI=1S/C75H72N.C45H52N.2Ir/c1-72(2,3)67-31-23-51(24-32-67)50-19-21-52(22-20-50)58-41-59(53-25-33-68(34-26-53)73(4,5)6)44-63(43-58)65-47-62(56-16-15-17-57(40-56)71-18-13-14-39-76-71)48-66(49-65)64-45-60(54-27-35-69(36-28-54)74(7,8)9)42-61(46-64)55-29-37-70(38-30-55)75(10,11)12;1-42(2,3)30-44(7,8)39-21-17-32(18-22-39)36-27-37(33-19-23-40(24-20-33)45(9,10)31-43(4,5)6)29-38(28-36)34-14-13-15-35(26-34)41-16-11-12-25-46-41;;/h13-16,18-49H,1-12H3;11-14,16-29H,30-31H2,1-10H3;;/q2*-1;;. The van der Waals surface area contributed by atoms with Crippen molar-refractivity contribution in [3.05, 3.63) is 373 Å². The molecule has 0 amide bonds. The molecular formula is C120H124Ir2N2-2. The van der Waals surface area contributed by atoms with Crippen LogP contribution in [0.25, 0.3) is 145 Å². The molecule has 0 aliphatic rings. The van der Waals surface area contributed by atoms with E-state index in [1.54, 1.807) is 0 Å². The molecular weight excluding hydrogens is 1850 g/mol. The molecule has 124 heavy (non-hydrogen) atoms. The molecule has 0 fully saturated rings. The Morgan fingerprint density at radius 2 is 0.379 bits per heavy atom. The Hall–Kier alpha value is -10.5.